The van der Waals surface area contributed by atoms with E-state index in [2.05, 4.69) is 0 Å². The molecular weight excluding hydrogens is 368 g/mol. The molecule has 0 aromatic heterocycles. The van der Waals surface area contributed by atoms with E-state index < -0.39 is 4.92 Å². The summed E-state index contributed by atoms with van der Waals surface area (Å²) < 4.78 is 0. The van der Waals surface area contributed by atoms with Crippen molar-refractivity contribution in [3.8, 4) is 6.07 Å². The van der Waals surface area contributed by atoms with Crippen molar-refractivity contribution >= 4 is 28.1 Å². The minimum atomic E-state index is -0.509. The molecule has 0 atom stereocenters. The topological polar surface area (TPSA) is 90.5 Å². The first kappa shape index (κ1) is 18.4. The average Bonchev–Trinajstić information content (AvgIpc) is 2.78. The summed E-state index contributed by atoms with van der Waals surface area (Å²) >= 11 is 0. The second-order valence-electron chi connectivity index (χ2n) is 6.88. The van der Waals surface area contributed by atoms with Crippen LogP contribution in [0.1, 0.15) is 15.9 Å². The van der Waals surface area contributed by atoms with Gasteiger partial charge in [-0.3, -0.25) is 14.9 Å². The molecule has 0 N–H and O–H groups in total. The molecule has 7 nitrogen and oxygen atoms in total. The molecule has 0 saturated carbocycles. The van der Waals surface area contributed by atoms with E-state index in [1.54, 1.807) is 6.07 Å². The third kappa shape index (κ3) is 3.48. The standard InChI is InChI=1S/C22H18N4O3/c23-15-17-14-18(26(28)29)8-9-21(17)24-10-12-25(13-11-24)22(27)20-7-3-5-16-4-1-2-6-19(16)20/h1-9,14H,10-13H2. The highest BCUT2D eigenvalue weighted by molar-refractivity contribution is 6.07. The van der Waals surface area contributed by atoms with E-state index in [1.165, 1.54) is 12.1 Å². The van der Waals surface area contributed by atoms with Gasteiger partial charge in [0.25, 0.3) is 11.6 Å². The first-order valence-electron chi connectivity index (χ1n) is 9.29. The maximum Gasteiger partial charge on any atom is 0.270 e. The van der Waals surface area contributed by atoms with E-state index in [0.29, 0.717) is 37.4 Å². The Morgan fingerprint density at radius 2 is 1.72 bits per heavy atom. The lowest BCUT2D eigenvalue weighted by atomic mass is 10.0. The Kier molecular flexibility index (Phi) is 4.83. The van der Waals surface area contributed by atoms with E-state index in [0.717, 1.165) is 10.8 Å². The summed E-state index contributed by atoms with van der Waals surface area (Å²) in [5.41, 5.74) is 1.52. The zero-order valence-corrected chi connectivity index (χ0v) is 15.6. The molecule has 144 valence electrons. The molecule has 0 unspecified atom stereocenters. The van der Waals surface area contributed by atoms with Gasteiger partial charge in [-0.15, -0.1) is 0 Å². The number of nitro benzene ring substituents is 1. The van der Waals surface area contributed by atoms with Gasteiger partial charge in [-0.05, 0) is 22.9 Å². The molecule has 7 heteroatoms. The second kappa shape index (κ2) is 7.60. The zero-order valence-electron chi connectivity index (χ0n) is 15.6. The Morgan fingerprint density at radius 1 is 1.00 bits per heavy atom. The van der Waals surface area contributed by atoms with Crippen LogP contribution >= 0.6 is 0 Å². The molecule has 1 aliphatic rings. The number of non-ortho nitro benzene ring substituents is 1. The number of amides is 1. The highest BCUT2D eigenvalue weighted by Crippen LogP contribution is 2.27. The Bertz CT molecular complexity index is 1140. The number of nitro groups is 1. The Morgan fingerprint density at radius 3 is 2.45 bits per heavy atom. The maximum atomic E-state index is 13.1. The van der Waals surface area contributed by atoms with Crippen LogP contribution in [0.15, 0.2) is 60.7 Å². The molecule has 0 bridgehead atoms. The first-order chi connectivity index (χ1) is 14.1. The van der Waals surface area contributed by atoms with Crippen LogP contribution in [-0.2, 0) is 0 Å². The average molecular weight is 386 g/mol. The van der Waals surface area contributed by atoms with Crippen molar-refractivity contribution in [2.75, 3.05) is 31.1 Å². The third-order valence-corrected chi connectivity index (χ3v) is 5.24. The van der Waals surface area contributed by atoms with E-state index in [4.69, 9.17) is 0 Å². The molecule has 1 amide bonds. The quantitative estimate of drug-likeness (QED) is 0.507. The molecule has 0 radical (unpaired) electrons. The summed E-state index contributed by atoms with van der Waals surface area (Å²) in [6.45, 7) is 2.15. The van der Waals surface area contributed by atoms with Gasteiger partial charge in [0.2, 0.25) is 0 Å². The number of hydrogen-bond acceptors (Lipinski definition) is 5. The minimum absolute atomic E-state index is 0.00865. The molecule has 4 rings (SSSR count). The number of benzene rings is 3. The van der Waals surface area contributed by atoms with Gasteiger partial charge in [0.15, 0.2) is 0 Å². The van der Waals surface area contributed by atoms with Crippen molar-refractivity contribution in [3.05, 3.63) is 81.9 Å². The number of carbonyl (C=O) groups is 1. The molecule has 29 heavy (non-hydrogen) atoms. The monoisotopic (exact) mass is 386 g/mol. The molecule has 3 aromatic rings. The largest absolute Gasteiger partial charge is 0.367 e. The molecule has 3 aromatic carbocycles. The fraction of sp³-hybridized carbons (Fsp3) is 0.182. The van der Waals surface area contributed by atoms with Crippen molar-refractivity contribution in [2.24, 2.45) is 0 Å². The highest BCUT2D eigenvalue weighted by atomic mass is 16.6. The van der Waals surface area contributed by atoms with Gasteiger partial charge in [0.05, 0.1) is 16.2 Å². The van der Waals surface area contributed by atoms with Crippen molar-refractivity contribution in [2.45, 2.75) is 0 Å². The zero-order chi connectivity index (χ0) is 20.4. The SMILES string of the molecule is N#Cc1cc([N+](=O)[O-])ccc1N1CCN(C(=O)c2cccc3ccccc23)CC1. The first-order valence-corrected chi connectivity index (χ1v) is 9.29. The second-order valence-corrected chi connectivity index (χ2v) is 6.88. The number of hydrogen-bond donors (Lipinski definition) is 0. The molecule has 0 aliphatic carbocycles. The number of carbonyl (C=O) groups excluding carboxylic acids is 1. The number of fused-ring (bicyclic) bond motifs is 1. The van der Waals surface area contributed by atoms with Crippen LogP contribution in [0.25, 0.3) is 10.8 Å². The number of nitriles is 1. The normalized spacial score (nSPS) is 13.9. The van der Waals surface area contributed by atoms with E-state index in [1.807, 2.05) is 58.3 Å². The van der Waals surface area contributed by atoms with Crippen LogP contribution in [-0.4, -0.2) is 41.9 Å². The molecular formula is C22H18N4O3. The van der Waals surface area contributed by atoms with Crippen LogP contribution in [0.2, 0.25) is 0 Å². The lowest BCUT2D eigenvalue weighted by Gasteiger charge is -2.36. The number of anilines is 1. The Hall–Kier alpha value is -3.92. The van der Waals surface area contributed by atoms with E-state index in [9.17, 15) is 20.2 Å². The van der Waals surface area contributed by atoms with Gasteiger partial charge in [0.1, 0.15) is 6.07 Å². The summed E-state index contributed by atoms with van der Waals surface area (Å²) in [4.78, 5) is 27.3. The van der Waals surface area contributed by atoms with Crippen LogP contribution in [0, 0.1) is 21.4 Å². The van der Waals surface area contributed by atoms with Crippen LogP contribution in [0.3, 0.4) is 0 Å². The van der Waals surface area contributed by atoms with Crippen LogP contribution in [0.5, 0.6) is 0 Å². The van der Waals surface area contributed by atoms with Gasteiger partial charge in [-0.25, -0.2) is 0 Å². The van der Waals surface area contributed by atoms with Gasteiger partial charge in [0, 0.05) is 43.9 Å². The van der Waals surface area contributed by atoms with E-state index >= 15 is 0 Å². The van der Waals surface area contributed by atoms with Crippen molar-refractivity contribution in [3.63, 3.8) is 0 Å². The predicted molar refractivity (Wildman–Crippen MR) is 110 cm³/mol. The van der Waals surface area contributed by atoms with Gasteiger partial charge >= 0.3 is 0 Å². The van der Waals surface area contributed by atoms with Crippen molar-refractivity contribution in [1.82, 2.24) is 4.90 Å². The molecule has 0 spiro atoms. The Labute approximate surface area is 167 Å². The maximum absolute atomic E-state index is 13.1. The van der Waals surface area contributed by atoms with Crippen LogP contribution < -0.4 is 4.90 Å². The lowest BCUT2D eigenvalue weighted by Crippen LogP contribution is -2.49. The number of rotatable bonds is 3. The predicted octanol–water partition coefficient (Wildman–Crippen LogP) is 3.58. The third-order valence-electron chi connectivity index (χ3n) is 5.24. The van der Waals surface area contributed by atoms with Gasteiger partial charge < -0.3 is 9.80 Å². The van der Waals surface area contributed by atoms with Gasteiger partial charge in [-0.2, -0.15) is 5.26 Å². The van der Waals surface area contributed by atoms with Crippen molar-refractivity contribution in [1.29, 1.82) is 5.26 Å². The lowest BCUT2D eigenvalue weighted by molar-refractivity contribution is -0.384. The number of nitrogens with zero attached hydrogens (tertiary/aromatic N) is 4. The molecule has 1 saturated heterocycles. The van der Waals surface area contributed by atoms with Gasteiger partial charge in [-0.1, -0.05) is 36.4 Å². The fourth-order valence-corrected chi connectivity index (χ4v) is 3.74. The van der Waals surface area contributed by atoms with Crippen LogP contribution in [0.4, 0.5) is 11.4 Å². The minimum Gasteiger partial charge on any atom is -0.367 e. The smallest absolute Gasteiger partial charge is 0.270 e. The molecule has 1 fully saturated rings. The highest BCUT2D eigenvalue weighted by Gasteiger charge is 2.25. The number of piperazine rings is 1. The summed E-state index contributed by atoms with van der Waals surface area (Å²) in [5.74, 6) is -0.00865. The fourth-order valence-electron chi connectivity index (χ4n) is 3.74. The summed E-state index contributed by atoms with van der Waals surface area (Å²) in [6.07, 6.45) is 0. The molecule has 1 aliphatic heterocycles. The van der Waals surface area contributed by atoms with E-state index in [-0.39, 0.29) is 17.2 Å². The Balaban J connectivity index is 1.52. The summed E-state index contributed by atoms with van der Waals surface area (Å²) in [5, 5.41) is 22.3. The molecule has 1 heterocycles. The summed E-state index contributed by atoms with van der Waals surface area (Å²) in [6, 6.07) is 19.9. The summed E-state index contributed by atoms with van der Waals surface area (Å²) in [7, 11) is 0. The van der Waals surface area contributed by atoms with Crippen molar-refractivity contribution < 1.29 is 9.72 Å².